The van der Waals surface area contributed by atoms with E-state index in [1.807, 2.05) is 0 Å². The first-order valence-electron chi connectivity index (χ1n) is 10.0. The minimum absolute atomic E-state index is 0.285. The molecule has 194 valence electrons. The molecule has 2 heterocycles. The van der Waals surface area contributed by atoms with Crippen molar-refractivity contribution in [3.05, 3.63) is 111 Å². The molecule has 6 nitrogen and oxygen atoms in total. The molecule has 2 aromatic heterocycles. The molecule has 5 rings (SSSR count). The van der Waals surface area contributed by atoms with Gasteiger partial charge < -0.3 is 0 Å². The summed E-state index contributed by atoms with van der Waals surface area (Å²) >= 11 is 0. The van der Waals surface area contributed by atoms with E-state index in [9.17, 15) is 58.7 Å². The highest BCUT2D eigenvalue weighted by Gasteiger charge is 2.32. The Kier molecular flexibility index (Phi) is 5.19. The second kappa shape index (κ2) is 7.90. The molecule has 0 aliphatic rings. The van der Waals surface area contributed by atoms with Crippen LogP contribution >= 0.6 is 0 Å². The van der Waals surface area contributed by atoms with E-state index in [4.69, 9.17) is 0 Å². The second-order valence-corrected chi connectivity index (χ2v) is 7.98. The van der Waals surface area contributed by atoms with Gasteiger partial charge in [0.1, 0.15) is 11.4 Å². The van der Waals surface area contributed by atoms with Crippen LogP contribution < -0.4 is 22.2 Å². The summed E-state index contributed by atoms with van der Waals surface area (Å²) in [5.41, 5.74) is -11.3. The maximum atomic E-state index is 14.5. The third-order valence-corrected chi connectivity index (χ3v) is 5.99. The van der Waals surface area contributed by atoms with Crippen molar-refractivity contribution < 1.29 is 39.5 Å². The molecule has 0 atom stereocenters. The molecule has 0 amide bonds. The predicted octanol–water partition coefficient (Wildman–Crippen LogP) is 3.45. The number of nitrogens with zero attached hydrogens (tertiary/aromatic N) is 2. The zero-order valence-corrected chi connectivity index (χ0v) is 18.1. The van der Waals surface area contributed by atoms with Crippen LogP contribution in [0.25, 0.3) is 32.9 Å². The van der Waals surface area contributed by atoms with Crippen molar-refractivity contribution in [2.24, 2.45) is 0 Å². The van der Waals surface area contributed by atoms with E-state index < -0.39 is 118 Å². The van der Waals surface area contributed by atoms with Gasteiger partial charge in [-0.05, 0) is 19.1 Å². The largest absolute Gasteiger partial charge is 0.268 e. The van der Waals surface area contributed by atoms with Crippen LogP contribution in [0.2, 0.25) is 0 Å². The number of hydrogen-bond acceptors (Lipinski definition) is 4. The molecule has 38 heavy (non-hydrogen) atoms. The predicted molar refractivity (Wildman–Crippen MR) is 112 cm³/mol. The van der Waals surface area contributed by atoms with E-state index in [0.717, 1.165) is 0 Å². The molecule has 15 heteroatoms. The second-order valence-electron chi connectivity index (χ2n) is 7.98. The van der Waals surface area contributed by atoms with Crippen LogP contribution in [0.15, 0.2) is 31.3 Å². The van der Waals surface area contributed by atoms with Gasteiger partial charge in [-0.15, -0.1) is 0 Å². The Morgan fingerprint density at radius 3 is 0.947 bits per heavy atom. The summed E-state index contributed by atoms with van der Waals surface area (Å²) in [7, 11) is 0. The van der Waals surface area contributed by atoms with E-state index in [0.29, 0.717) is 19.1 Å². The number of rotatable bonds is 2. The molecule has 0 aliphatic heterocycles. The van der Waals surface area contributed by atoms with E-state index in [1.165, 1.54) is 0 Å². The van der Waals surface area contributed by atoms with Gasteiger partial charge in [0.15, 0.2) is 46.5 Å². The highest BCUT2D eigenvalue weighted by atomic mass is 19.2. The summed E-state index contributed by atoms with van der Waals surface area (Å²) in [5.74, 6) is -20.6. The van der Waals surface area contributed by atoms with Gasteiger partial charge in [0.05, 0.1) is 21.5 Å². The van der Waals surface area contributed by atoms with E-state index in [2.05, 4.69) is 0 Å². The molecule has 3 aromatic carbocycles. The minimum Gasteiger partial charge on any atom is -0.268 e. The highest BCUT2D eigenvalue weighted by Crippen LogP contribution is 2.28. The molecule has 0 saturated carbocycles. The van der Waals surface area contributed by atoms with E-state index >= 15 is 0 Å². The summed E-state index contributed by atoms with van der Waals surface area (Å²) in [6.07, 6.45) is 0. The molecule has 0 spiro atoms. The van der Waals surface area contributed by atoms with Crippen molar-refractivity contribution in [3.8, 4) is 11.4 Å². The fourth-order valence-electron chi connectivity index (χ4n) is 4.10. The maximum Gasteiger partial charge on any atom is 0.266 e. The Hall–Kier alpha value is -4.69. The molecule has 0 aliphatic carbocycles. The van der Waals surface area contributed by atoms with Gasteiger partial charge in [-0.25, -0.2) is 48.6 Å². The van der Waals surface area contributed by atoms with Crippen LogP contribution in [0.5, 0.6) is 0 Å². The number of aromatic nitrogens is 2. The Balaban J connectivity index is 1.90. The van der Waals surface area contributed by atoms with Crippen LogP contribution in [0.3, 0.4) is 0 Å². The fraction of sp³-hybridized carbons (Fsp3) is 0.0435. The van der Waals surface area contributed by atoms with E-state index in [-0.39, 0.29) is 4.57 Å². The zero-order valence-electron chi connectivity index (χ0n) is 18.1. The zero-order chi connectivity index (χ0) is 28.1. The molecular weight excluding hydrogens is 539 g/mol. The van der Waals surface area contributed by atoms with Gasteiger partial charge >= 0.3 is 0 Å². The molecule has 0 fully saturated rings. The number of halogens is 9. The third-order valence-electron chi connectivity index (χ3n) is 5.99. The SMILES string of the molecule is Cc1c(F)c(F)c(-n2c(=O)c3cc4c(=O)n(-c5c(F)c(F)c(F)c(F)c5F)c(=O)c4cc3c2=O)c(F)c1F. The topological polar surface area (TPSA) is 78.1 Å². The normalized spacial score (nSPS) is 11.8. The van der Waals surface area contributed by atoms with Crippen LogP contribution in [-0.2, 0) is 0 Å². The lowest BCUT2D eigenvalue weighted by Crippen LogP contribution is -2.27. The molecule has 0 N–H and O–H groups in total. The average Bonchev–Trinajstić information content (AvgIpc) is 3.28. The first-order chi connectivity index (χ1) is 17.7. The van der Waals surface area contributed by atoms with Crippen molar-refractivity contribution in [1.29, 1.82) is 0 Å². The number of benzene rings is 3. The summed E-state index contributed by atoms with van der Waals surface area (Å²) in [6, 6.07) is 0.988. The Labute approximate surface area is 200 Å². The van der Waals surface area contributed by atoms with Crippen LogP contribution in [-0.4, -0.2) is 9.13 Å². The molecule has 0 saturated heterocycles. The Morgan fingerprint density at radius 1 is 0.421 bits per heavy atom. The van der Waals surface area contributed by atoms with Gasteiger partial charge in [0.25, 0.3) is 22.2 Å². The molecule has 0 bridgehead atoms. The van der Waals surface area contributed by atoms with Crippen LogP contribution in [0.4, 0.5) is 39.5 Å². The lowest BCUT2D eigenvalue weighted by atomic mass is 10.1. The first-order valence-corrected chi connectivity index (χ1v) is 10.0. The highest BCUT2D eigenvalue weighted by molar-refractivity contribution is 5.98. The Bertz CT molecular complexity index is 1840. The van der Waals surface area contributed by atoms with Gasteiger partial charge in [-0.1, -0.05) is 0 Å². The Morgan fingerprint density at radius 2 is 0.658 bits per heavy atom. The summed E-state index contributed by atoms with van der Waals surface area (Å²) in [5, 5.41) is -3.37. The summed E-state index contributed by atoms with van der Waals surface area (Å²) < 4.78 is 126. The molecule has 0 unspecified atom stereocenters. The quantitative estimate of drug-likeness (QED) is 0.194. The number of fused-ring (bicyclic) bond motifs is 2. The van der Waals surface area contributed by atoms with Crippen molar-refractivity contribution in [2.45, 2.75) is 6.92 Å². The molecule has 5 aromatic rings. The number of hydrogen-bond donors (Lipinski definition) is 0. The van der Waals surface area contributed by atoms with Crippen molar-refractivity contribution in [2.75, 3.05) is 0 Å². The van der Waals surface area contributed by atoms with E-state index in [1.54, 1.807) is 0 Å². The van der Waals surface area contributed by atoms with Gasteiger partial charge in [0.2, 0.25) is 5.82 Å². The standard InChI is InChI=1S/C23H5F9N2O4/c1-4-9(24)14(29)18(15(30)10(4)25)33-20(35)5-2-7-8(3-6(5)21(33)36)23(38)34(22(7)37)19-16(31)12(27)11(26)13(28)17(19)32/h2-3H,1H3. The van der Waals surface area contributed by atoms with Crippen molar-refractivity contribution in [3.63, 3.8) is 0 Å². The minimum atomic E-state index is -2.57. The van der Waals surface area contributed by atoms with Crippen LogP contribution in [0.1, 0.15) is 5.56 Å². The van der Waals surface area contributed by atoms with Crippen LogP contribution in [0, 0.1) is 59.3 Å². The monoisotopic (exact) mass is 544 g/mol. The van der Waals surface area contributed by atoms with Gasteiger partial charge in [-0.3, -0.25) is 19.2 Å². The fourth-order valence-corrected chi connectivity index (χ4v) is 4.10. The maximum absolute atomic E-state index is 14.5. The average molecular weight is 544 g/mol. The molecule has 0 radical (unpaired) electrons. The van der Waals surface area contributed by atoms with Crippen molar-refractivity contribution in [1.82, 2.24) is 9.13 Å². The third kappa shape index (κ3) is 2.92. The smallest absolute Gasteiger partial charge is 0.266 e. The molecular formula is C23H5F9N2O4. The summed E-state index contributed by atoms with van der Waals surface area (Å²) in [6.45, 7) is 0.682. The van der Waals surface area contributed by atoms with Crippen molar-refractivity contribution >= 4 is 21.5 Å². The lowest BCUT2D eigenvalue weighted by molar-refractivity contribution is 0.375. The first kappa shape index (κ1) is 25.0. The summed E-state index contributed by atoms with van der Waals surface area (Å²) in [4.78, 5) is 51.3. The van der Waals surface area contributed by atoms with Gasteiger partial charge in [0, 0.05) is 5.56 Å². The lowest BCUT2D eigenvalue weighted by Gasteiger charge is -2.09. The van der Waals surface area contributed by atoms with Gasteiger partial charge in [-0.2, -0.15) is 0 Å².